The van der Waals surface area contributed by atoms with Crippen molar-refractivity contribution in [3.8, 4) is 67.5 Å². The quantitative estimate of drug-likeness (QED) is 0.180. The second-order valence-electron chi connectivity index (χ2n) is 11.7. The topological polar surface area (TPSA) is 38.7 Å². The molecule has 0 unspecified atom stereocenters. The van der Waals surface area contributed by atoms with Crippen LogP contribution in [0.2, 0.25) is 0 Å². The molecule has 0 fully saturated rings. The molecule has 7 aromatic carbocycles. The third-order valence-electron chi connectivity index (χ3n) is 8.65. The van der Waals surface area contributed by atoms with Gasteiger partial charge < -0.3 is 0 Å². The fourth-order valence-electron chi connectivity index (χ4n) is 6.28. The Balaban J connectivity index is 1.25. The second kappa shape index (κ2) is 12.4. The number of aromatic nitrogens is 3. The highest BCUT2D eigenvalue weighted by atomic mass is 32.1. The van der Waals surface area contributed by atoms with Gasteiger partial charge in [-0.2, -0.15) is 0 Å². The van der Waals surface area contributed by atoms with Gasteiger partial charge in [0.25, 0.3) is 0 Å². The van der Waals surface area contributed by atoms with Crippen molar-refractivity contribution in [2.45, 2.75) is 0 Å². The van der Waals surface area contributed by atoms with Crippen molar-refractivity contribution in [3.63, 3.8) is 0 Å². The van der Waals surface area contributed by atoms with E-state index in [1.54, 1.807) is 0 Å². The lowest BCUT2D eigenvalue weighted by Gasteiger charge is -2.11. The maximum absolute atomic E-state index is 8.71. The van der Waals surface area contributed by atoms with E-state index >= 15 is 0 Å². The van der Waals surface area contributed by atoms with Crippen molar-refractivity contribution < 1.29 is 6.85 Å². The predicted molar refractivity (Wildman–Crippen MR) is 205 cm³/mol. The Bertz CT molecular complexity index is 2850. The molecule has 49 heavy (non-hydrogen) atoms. The zero-order chi connectivity index (χ0) is 36.9. The van der Waals surface area contributed by atoms with Crippen molar-refractivity contribution >= 4 is 31.5 Å². The van der Waals surface area contributed by atoms with Gasteiger partial charge in [0.2, 0.25) is 0 Å². The van der Waals surface area contributed by atoms with E-state index in [2.05, 4.69) is 48.5 Å². The van der Waals surface area contributed by atoms with Crippen LogP contribution in [0.1, 0.15) is 6.85 Å². The number of nitrogens with zero attached hydrogens (tertiary/aromatic N) is 3. The van der Waals surface area contributed by atoms with Crippen LogP contribution in [0.15, 0.2) is 176 Å². The number of fused-ring (bicyclic) bond motifs is 3. The highest BCUT2D eigenvalue weighted by molar-refractivity contribution is 7.26. The molecule has 230 valence electrons. The zero-order valence-corrected chi connectivity index (χ0v) is 26.9. The summed E-state index contributed by atoms with van der Waals surface area (Å²) in [5.74, 6) is 1.58. The Morgan fingerprint density at radius 3 is 1.71 bits per heavy atom. The first-order valence-corrected chi connectivity index (χ1v) is 16.8. The summed E-state index contributed by atoms with van der Waals surface area (Å²) in [4.78, 5) is 15.3. The normalized spacial score (nSPS) is 12.7. The fraction of sp³-hybridized carbons (Fsp3) is 0. The summed E-state index contributed by atoms with van der Waals surface area (Å²) in [6.45, 7) is 0. The number of benzene rings is 7. The molecule has 9 aromatic rings. The van der Waals surface area contributed by atoms with Crippen LogP contribution in [-0.2, 0) is 0 Å². The highest BCUT2D eigenvalue weighted by Crippen LogP contribution is 2.43. The first kappa shape index (κ1) is 24.0. The van der Waals surface area contributed by atoms with Crippen LogP contribution >= 0.6 is 11.3 Å². The molecule has 4 heteroatoms. The molecule has 0 radical (unpaired) electrons. The molecule has 0 spiro atoms. The Hall–Kier alpha value is -6.23. The van der Waals surface area contributed by atoms with Crippen molar-refractivity contribution in [2.24, 2.45) is 0 Å². The molecule has 0 saturated carbocycles. The molecule has 2 aromatic heterocycles. The van der Waals surface area contributed by atoms with Crippen molar-refractivity contribution in [1.29, 1.82) is 0 Å². The Morgan fingerprint density at radius 2 is 0.959 bits per heavy atom. The lowest BCUT2D eigenvalue weighted by molar-refractivity contribution is 1.08. The average Bonchev–Trinajstić information content (AvgIpc) is 3.63. The minimum Gasteiger partial charge on any atom is -0.208 e. The SMILES string of the molecule is [2H]c1c([2H])c([2H])c(-c2cccc3c2sc2cccc(-c4nc(-c5ccc(-c6ccccc6)cc5)nc(-c5cccc(-c6ccccc6)c5)n4)c23)c([2H])c1[2H]. The monoisotopic (exact) mass is 648 g/mol. The first-order valence-electron chi connectivity index (χ1n) is 18.5. The first-order chi connectivity index (χ1) is 26.4. The van der Waals surface area contributed by atoms with Crippen LogP contribution in [-0.4, -0.2) is 15.0 Å². The van der Waals surface area contributed by atoms with Gasteiger partial charge in [0.05, 0.1) is 6.85 Å². The summed E-state index contributed by atoms with van der Waals surface area (Å²) in [6.07, 6.45) is 0. The van der Waals surface area contributed by atoms with E-state index in [1.165, 1.54) is 11.3 Å². The maximum atomic E-state index is 8.71. The van der Waals surface area contributed by atoms with Crippen LogP contribution in [0.5, 0.6) is 0 Å². The van der Waals surface area contributed by atoms with E-state index in [4.69, 9.17) is 21.8 Å². The predicted octanol–water partition coefficient (Wildman–Crippen LogP) is 12.2. The van der Waals surface area contributed by atoms with Gasteiger partial charge in [0.1, 0.15) is 0 Å². The fourth-order valence-corrected chi connectivity index (χ4v) is 7.53. The van der Waals surface area contributed by atoms with Gasteiger partial charge in [-0.3, -0.25) is 0 Å². The molecule has 9 rings (SSSR count). The van der Waals surface area contributed by atoms with E-state index in [9.17, 15) is 0 Å². The van der Waals surface area contributed by atoms with Crippen LogP contribution in [0.4, 0.5) is 0 Å². The smallest absolute Gasteiger partial charge is 0.164 e. The minimum atomic E-state index is -0.412. The van der Waals surface area contributed by atoms with Gasteiger partial charge in [0, 0.05) is 36.9 Å². The average molecular weight is 649 g/mol. The maximum Gasteiger partial charge on any atom is 0.164 e. The lowest BCUT2D eigenvalue weighted by Crippen LogP contribution is -2.00. The molecule has 0 bridgehead atoms. The third-order valence-corrected chi connectivity index (χ3v) is 9.85. The molecule has 3 nitrogen and oxygen atoms in total. The van der Waals surface area contributed by atoms with E-state index in [-0.39, 0.29) is 29.7 Å². The van der Waals surface area contributed by atoms with Gasteiger partial charge in [-0.25, -0.2) is 15.0 Å². The summed E-state index contributed by atoms with van der Waals surface area (Å²) in [5.41, 5.74) is 7.64. The van der Waals surface area contributed by atoms with Crippen LogP contribution < -0.4 is 0 Å². The largest absolute Gasteiger partial charge is 0.208 e. The van der Waals surface area contributed by atoms with Crippen LogP contribution in [0, 0.1) is 0 Å². The highest BCUT2D eigenvalue weighted by Gasteiger charge is 2.18. The number of hydrogen-bond acceptors (Lipinski definition) is 4. The van der Waals surface area contributed by atoms with E-state index in [0.29, 0.717) is 23.0 Å². The number of thiophene rings is 1. The lowest BCUT2D eigenvalue weighted by atomic mass is 10.0. The zero-order valence-electron chi connectivity index (χ0n) is 31.1. The Kier molecular flexibility index (Phi) is 6.08. The summed E-state index contributed by atoms with van der Waals surface area (Å²) in [7, 11) is 0. The minimum absolute atomic E-state index is 0.182. The molecule has 0 N–H and O–H groups in total. The second-order valence-corrected chi connectivity index (χ2v) is 12.7. The third kappa shape index (κ3) is 5.48. The number of rotatable bonds is 6. The summed E-state index contributed by atoms with van der Waals surface area (Å²) >= 11 is 1.52. The van der Waals surface area contributed by atoms with Crippen molar-refractivity contribution in [3.05, 3.63) is 176 Å². The molecule has 0 amide bonds. The van der Waals surface area contributed by atoms with E-state index in [1.807, 2.05) is 97.1 Å². The Labute approximate surface area is 295 Å². The van der Waals surface area contributed by atoms with Crippen LogP contribution in [0.25, 0.3) is 87.7 Å². The van der Waals surface area contributed by atoms with Crippen LogP contribution in [0.3, 0.4) is 0 Å². The summed E-state index contributed by atoms with van der Waals surface area (Å²) in [5, 5.41) is 1.81. The summed E-state index contributed by atoms with van der Waals surface area (Å²) in [6, 6.07) is 47.0. The standard InChI is InChI=1S/C45H29N3S/c1-4-13-30(14-5-1)32-25-27-34(28-26-32)43-46-44(36-20-10-19-35(29-36)31-15-6-2-7-16-31)48-45(47-43)39-23-12-24-40-41(39)38-22-11-21-37(42(38)49-40)33-17-8-3-9-18-33/h1-29H/i3D,8D,9D,17D,18D. The summed E-state index contributed by atoms with van der Waals surface area (Å²) < 4.78 is 44.0. The molecule has 0 saturated heterocycles. The molecule has 0 aliphatic carbocycles. The van der Waals surface area contributed by atoms with Gasteiger partial charge in [-0.05, 0) is 45.5 Å². The number of hydrogen-bond donors (Lipinski definition) is 0. The van der Waals surface area contributed by atoms with Gasteiger partial charge in [0.15, 0.2) is 17.5 Å². The van der Waals surface area contributed by atoms with E-state index < -0.39 is 6.04 Å². The van der Waals surface area contributed by atoms with Gasteiger partial charge >= 0.3 is 0 Å². The molecule has 0 aliphatic heterocycles. The van der Waals surface area contributed by atoms with Crippen molar-refractivity contribution in [1.82, 2.24) is 15.0 Å². The molecular weight excluding hydrogens is 615 g/mol. The van der Waals surface area contributed by atoms with E-state index in [0.717, 1.165) is 59.1 Å². The Morgan fingerprint density at radius 1 is 0.408 bits per heavy atom. The van der Waals surface area contributed by atoms with Gasteiger partial charge in [-0.1, -0.05) is 164 Å². The van der Waals surface area contributed by atoms with Crippen molar-refractivity contribution in [2.75, 3.05) is 0 Å². The molecular formula is C45H29N3S. The molecule has 0 atom stereocenters. The molecule has 2 heterocycles. The van der Waals surface area contributed by atoms with Gasteiger partial charge in [-0.15, -0.1) is 11.3 Å². The molecule has 0 aliphatic rings.